The van der Waals surface area contributed by atoms with Crippen LogP contribution in [0, 0.1) is 11.3 Å². The van der Waals surface area contributed by atoms with Crippen molar-refractivity contribution in [3.8, 4) is 11.8 Å². The van der Waals surface area contributed by atoms with Gasteiger partial charge in [-0.15, -0.1) is 13.2 Å². The smallest absolute Gasteiger partial charge is 0.465 e. The molecule has 0 aliphatic carbocycles. The van der Waals surface area contributed by atoms with Gasteiger partial charge in [0, 0.05) is 5.56 Å². The number of rotatable bonds is 3. The Balaban J connectivity index is 3.53. The fraction of sp³-hybridized carbons (Fsp3) is 0.273. The Kier molecular flexibility index (Phi) is 4.49. The highest BCUT2D eigenvalue weighted by atomic mass is 19.4. The molecule has 0 aromatic heterocycles. The van der Waals surface area contributed by atoms with Crippen LogP contribution in [0.4, 0.5) is 22.0 Å². The summed E-state index contributed by atoms with van der Waals surface area (Å²) in [5.41, 5.74) is -2.83. The number of alkyl halides is 5. The van der Waals surface area contributed by atoms with Gasteiger partial charge in [0.15, 0.2) is 0 Å². The van der Waals surface area contributed by atoms with Crippen molar-refractivity contribution in [3.05, 3.63) is 28.8 Å². The van der Waals surface area contributed by atoms with E-state index in [9.17, 15) is 26.7 Å². The maximum absolute atomic E-state index is 12.7. The summed E-state index contributed by atoms with van der Waals surface area (Å²) in [4.78, 5) is 11.4. The Morgan fingerprint density at radius 1 is 1.35 bits per heavy atom. The summed E-state index contributed by atoms with van der Waals surface area (Å²) in [6, 6.07) is 2.35. The summed E-state index contributed by atoms with van der Waals surface area (Å²) in [6.07, 6.45) is -8.30. The van der Waals surface area contributed by atoms with E-state index in [-0.39, 0.29) is 0 Å². The average Bonchev–Trinajstić information content (AvgIpc) is 2.34. The van der Waals surface area contributed by atoms with Crippen molar-refractivity contribution in [1.82, 2.24) is 0 Å². The number of esters is 1. The van der Waals surface area contributed by atoms with E-state index < -0.39 is 41.2 Å². The maximum Gasteiger partial charge on any atom is 0.573 e. The van der Waals surface area contributed by atoms with Gasteiger partial charge in [-0.2, -0.15) is 5.26 Å². The van der Waals surface area contributed by atoms with Crippen LogP contribution in [0.25, 0.3) is 0 Å². The first-order valence-electron chi connectivity index (χ1n) is 4.90. The molecule has 9 heteroatoms. The number of benzene rings is 1. The van der Waals surface area contributed by atoms with Gasteiger partial charge in [0.05, 0.1) is 12.7 Å². The molecule has 0 heterocycles. The largest absolute Gasteiger partial charge is 0.573 e. The molecule has 0 N–H and O–H groups in total. The van der Waals surface area contributed by atoms with Crippen LogP contribution in [-0.2, 0) is 4.74 Å². The fourth-order valence-electron chi connectivity index (χ4n) is 1.42. The van der Waals surface area contributed by atoms with Crippen molar-refractivity contribution in [2.24, 2.45) is 0 Å². The van der Waals surface area contributed by atoms with Crippen LogP contribution in [0.15, 0.2) is 12.1 Å². The summed E-state index contributed by atoms with van der Waals surface area (Å²) in [7, 11) is 0.843. The molecular formula is C11H6F5NO3. The molecule has 4 nitrogen and oxygen atoms in total. The van der Waals surface area contributed by atoms with E-state index in [1.807, 2.05) is 0 Å². The summed E-state index contributed by atoms with van der Waals surface area (Å²) >= 11 is 0. The molecule has 0 unspecified atom stereocenters. The van der Waals surface area contributed by atoms with E-state index in [1.54, 1.807) is 0 Å². The molecule has 0 amide bonds. The maximum atomic E-state index is 12.7. The molecule has 108 valence electrons. The molecule has 0 aliphatic rings. The van der Waals surface area contributed by atoms with Crippen LogP contribution in [-0.4, -0.2) is 19.4 Å². The quantitative estimate of drug-likeness (QED) is 0.634. The molecule has 0 fully saturated rings. The van der Waals surface area contributed by atoms with Gasteiger partial charge >= 0.3 is 12.3 Å². The Morgan fingerprint density at radius 2 is 1.95 bits per heavy atom. The van der Waals surface area contributed by atoms with E-state index in [0.29, 0.717) is 12.1 Å². The average molecular weight is 295 g/mol. The van der Waals surface area contributed by atoms with Crippen LogP contribution < -0.4 is 4.74 Å². The number of hydrogen-bond acceptors (Lipinski definition) is 4. The van der Waals surface area contributed by atoms with Gasteiger partial charge in [0.25, 0.3) is 6.43 Å². The van der Waals surface area contributed by atoms with Crippen molar-refractivity contribution in [2.75, 3.05) is 7.11 Å². The van der Waals surface area contributed by atoms with E-state index in [4.69, 9.17) is 5.26 Å². The summed E-state index contributed by atoms with van der Waals surface area (Å²) in [5.74, 6) is -2.41. The van der Waals surface area contributed by atoms with Gasteiger partial charge in [-0.25, -0.2) is 13.6 Å². The van der Waals surface area contributed by atoms with Gasteiger partial charge in [-0.3, -0.25) is 0 Å². The van der Waals surface area contributed by atoms with Gasteiger partial charge in [0.2, 0.25) is 0 Å². The van der Waals surface area contributed by atoms with E-state index in [1.165, 1.54) is 6.07 Å². The molecule has 0 bridgehead atoms. The van der Waals surface area contributed by atoms with Crippen molar-refractivity contribution in [2.45, 2.75) is 12.8 Å². The lowest BCUT2D eigenvalue weighted by Crippen LogP contribution is -2.19. The number of carbonyl (C=O) groups is 1. The second-order valence-corrected chi connectivity index (χ2v) is 3.35. The highest BCUT2D eigenvalue weighted by Gasteiger charge is 2.34. The lowest BCUT2D eigenvalue weighted by atomic mass is 10.0. The van der Waals surface area contributed by atoms with Gasteiger partial charge in [-0.1, -0.05) is 0 Å². The van der Waals surface area contributed by atoms with Crippen LogP contribution in [0.2, 0.25) is 0 Å². The minimum absolute atomic E-state index is 0.542. The van der Waals surface area contributed by atoms with Crippen molar-refractivity contribution in [3.63, 3.8) is 0 Å². The number of ether oxygens (including phenoxy) is 2. The minimum atomic E-state index is -5.13. The van der Waals surface area contributed by atoms with E-state index >= 15 is 0 Å². The summed E-state index contributed by atoms with van der Waals surface area (Å²) in [6.45, 7) is 0. The zero-order chi connectivity index (χ0) is 15.5. The lowest BCUT2D eigenvalue weighted by Gasteiger charge is -2.14. The zero-order valence-corrected chi connectivity index (χ0v) is 9.79. The Bertz CT molecular complexity index is 562. The van der Waals surface area contributed by atoms with Crippen LogP contribution in [0.3, 0.4) is 0 Å². The molecule has 0 saturated carbocycles. The summed E-state index contributed by atoms with van der Waals surface area (Å²) in [5, 5.41) is 8.80. The lowest BCUT2D eigenvalue weighted by molar-refractivity contribution is -0.274. The van der Waals surface area contributed by atoms with Crippen molar-refractivity contribution >= 4 is 5.97 Å². The number of methoxy groups -OCH3 is 1. The number of nitriles is 1. The fourth-order valence-corrected chi connectivity index (χ4v) is 1.42. The third-order valence-electron chi connectivity index (χ3n) is 2.16. The first kappa shape index (κ1) is 15.7. The van der Waals surface area contributed by atoms with Crippen LogP contribution in [0.1, 0.15) is 27.9 Å². The Morgan fingerprint density at radius 3 is 2.35 bits per heavy atom. The molecule has 1 rings (SSSR count). The van der Waals surface area contributed by atoms with Crippen molar-refractivity contribution in [1.29, 1.82) is 5.26 Å². The molecule has 20 heavy (non-hydrogen) atoms. The predicted octanol–water partition coefficient (Wildman–Crippen LogP) is 3.18. The summed E-state index contributed by atoms with van der Waals surface area (Å²) < 4.78 is 69.6. The third-order valence-corrected chi connectivity index (χ3v) is 2.16. The van der Waals surface area contributed by atoms with Gasteiger partial charge < -0.3 is 9.47 Å². The monoisotopic (exact) mass is 295 g/mol. The minimum Gasteiger partial charge on any atom is -0.465 e. The molecular weight excluding hydrogens is 289 g/mol. The van der Waals surface area contributed by atoms with Crippen molar-refractivity contribution < 1.29 is 36.2 Å². The second kappa shape index (κ2) is 5.73. The second-order valence-electron chi connectivity index (χ2n) is 3.35. The molecule has 0 saturated heterocycles. The van der Waals surface area contributed by atoms with E-state index in [2.05, 4.69) is 9.47 Å². The first-order valence-corrected chi connectivity index (χ1v) is 4.90. The topological polar surface area (TPSA) is 59.3 Å². The number of carbonyl (C=O) groups excluding carboxylic acids is 1. The molecule has 0 spiro atoms. The number of hydrogen-bond donors (Lipinski definition) is 0. The molecule has 0 atom stereocenters. The Hall–Kier alpha value is -2.37. The van der Waals surface area contributed by atoms with Gasteiger partial charge in [0.1, 0.15) is 17.4 Å². The predicted molar refractivity (Wildman–Crippen MR) is 54.1 cm³/mol. The molecule has 0 radical (unpaired) electrons. The third kappa shape index (κ3) is 3.34. The standard InChI is InChI=1S/C11H6F5NO3/c1-19-10(18)8-5(9(12)13)2-3-7(6(8)4-17)20-11(14,15)16/h2-3,9H,1H3. The normalized spacial score (nSPS) is 11.1. The number of halogens is 5. The Labute approximate surface area is 109 Å². The van der Waals surface area contributed by atoms with E-state index in [0.717, 1.165) is 7.11 Å². The highest BCUT2D eigenvalue weighted by molar-refractivity contribution is 5.95. The SMILES string of the molecule is COC(=O)c1c(C(F)F)ccc(OC(F)(F)F)c1C#N. The molecule has 0 aliphatic heterocycles. The zero-order valence-electron chi connectivity index (χ0n) is 9.79. The molecule has 1 aromatic rings. The molecule has 1 aromatic carbocycles. The van der Waals surface area contributed by atoms with Gasteiger partial charge in [-0.05, 0) is 12.1 Å². The van der Waals surface area contributed by atoms with Crippen LogP contribution in [0.5, 0.6) is 5.75 Å². The first-order chi connectivity index (χ1) is 9.21. The highest BCUT2D eigenvalue weighted by Crippen LogP contribution is 2.34. The number of nitrogens with zero attached hydrogens (tertiary/aromatic N) is 1. The van der Waals surface area contributed by atoms with Crippen LogP contribution >= 0.6 is 0 Å².